The maximum absolute atomic E-state index is 5.45. The van der Waals surface area contributed by atoms with Gasteiger partial charge in [0.05, 0.1) is 12.2 Å². The minimum atomic E-state index is 0.622. The molecule has 0 radical (unpaired) electrons. The summed E-state index contributed by atoms with van der Waals surface area (Å²) >= 11 is 0. The van der Waals surface area contributed by atoms with Crippen LogP contribution in [0.15, 0.2) is 0 Å². The molecule has 1 aliphatic rings. The van der Waals surface area contributed by atoms with Gasteiger partial charge in [0.25, 0.3) is 0 Å². The molecule has 0 aliphatic carbocycles. The molecule has 0 aromatic rings. The highest BCUT2D eigenvalue weighted by molar-refractivity contribution is 4.82. The van der Waals surface area contributed by atoms with Crippen LogP contribution >= 0.6 is 0 Å². The van der Waals surface area contributed by atoms with E-state index >= 15 is 0 Å². The van der Waals surface area contributed by atoms with Gasteiger partial charge in [-0.25, -0.2) is 0 Å². The SMILES string of the molecule is CCCCCC[C@@H]1O[C@@H]1CC. The zero-order valence-corrected chi connectivity index (χ0v) is 7.81. The van der Waals surface area contributed by atoms with Crippen LogP contribution < -0.4 is 0 Å². The molecule has 66 valence electrons. The van der Waals surface area contributed by atoms with Gasteiger partial charge in [-0.15, -0.1) is 0 Å². The molecule has 2 atom stereocenters. The van der Waals surface area contributed by atoms with E-state index in [0.29, 0.717) is 12.2 Å². The molecule has 0 saturated carbocycles. The molecule has 0 aromatic heterocycles. The van der Waals surface area contributed by atoms with E-state index in [1.54, 1.807) is 0 Å². The second kappa shape index (κ2) is 4.76. The third kappa shape index (κ3) is 3.24. The van der Waals surface area contributed by atoms with Crippen LogP contribution in [-0.2, 0) is 4.74 Å². The fourth-order valence-electron chi connectivity index (χ4n) is 1.56. The van der Waals surface area contributed by atoms with Crippen molar-refractivity contribution in [3.05, 3.63) is 0 Å². The van der Waals surface area contributed by atoms with Crippen molar-refractivity contribution in [1.29, 1.82) is 0 Å². The van der Waals surface area contributed by atoms with E-state index < -0.39 is 0 Å². The predicted molar refractivity (Wildman–Crippen MR) is 47.7 cm³/mol. The van der Waals surface area contributed by atoms with Gasteiger partial charge in [-0.2, -0.15) is 0 Å². The Hall–Kier alpha value is -0.0400. The van der Waals surface area contributed by atoms with Crippen molar-refractivity contribution in [2.75, 3.05) is 0 Å². The molecule has 0 N–H and O–H groups in total. The highest BCUT2D eigenvalue weighted by atomic mass is 16.6. The van der Waals surface area contributed by atoms with Gasteiger partial charge in [0, 0.05) is 0 Å². The average Bonchev–Trinajstić information content (AvgIpc) is 2.77. The molecular formula is C10H20O. The third-order valence-corrected chi connectivity index (χ3v) is 2.43. The summed E-state index contributed by atoms with van der Waals surface area (Å²) in [6.07, 6.45) is 9.26. The molecule has 0 aromatic carbocycles. The minimum absolute atomic E-state index is 0.622. The van der Waals surface area contributed by atoms with Gasteiger partial charge in [0.1, 0.15) is 0 Å². The lowest BCUT2D eigenvalue weighted by Gasteiger charge is -1.94. The molecule has 1 rings (SSSR count). The Morgan fingerprint density at radius 1 is 1.00 bits per heavy atom. The van der Waals surface area contributed by atoms with Gasteiger partial charge >= 0.3 is 0 Å². The topological polar surface area (TPSA) is 12.5 Å². The van der Waals surface area contributed by atoms with Crippen molar-refractivity contribution >= 4 is 0 Å². The van der Waals surface area contributed by atoms with Crippen LogP contribution in [0, 0.1) is 0 Å². The first-order valence-electron chi connectivity index (χ1n) is 5.04. The molecule has 11 heavy (non-hydrogen) atoms. The van der Waals surface area contributed by atoms with E-state index in [4.69, 9.17) is 4.74 Å². The average molecular weight is 156 g/mol. The number of hydrogen-bond donors (Lipinski definition) is 0. The second-order valence-electron chi connectivity index (χ2n) is 3.47. The zero-order chi connectivity index (χ0) is 8.10. The Labute approximate surface area is 70.1 Å². The lowest BCUT2D eigenvalue weighted by molar-refractivity contribution is 0.355. The third-order valence-electron chi connectivity index (χ3n) is 2.43. The number of ether oxygens (including phenoxy) is 1. The summed E-state index contributed by atoms with van der Waals surface area (Å²) in [7, 11) is 0. The Kier molecular flexibility index (Phi) is 3.92. The van der Waals surface area contributed by atoms with E-state index in [1.807, 2.05) is 0 Å². The maximum Gasteiger partial charge on any atom is 0.0841 e. The molecule has 0 unspecified atom stereocenters. The highest BCUT2D eigenvalue weighted by Crippen LogP contribution is 2.29. The number of rotatable bonds is 6. The molecule has 1 saturated heterocycles. The first-order valence-corrected chi connectivity index (χ1v) is 5.04. The monoisotopic (exact) mass is 156 g/mol. The van der Waals surface area contributed by atoms with Crippen LogP contribution in [0.3, 0.4) is 0 Å². The standard InChI is InChI=1S/C10H20O/c1-3-5-6-7-8-10-9(4-2)11-10/h9-10H,3-8H2,1-2H3/t9-,10+/m1/s1. The molecule has 0 bridgehead atoms. The van der Waals surface area contributed by atoms with Gasteiger partial charge in [-0.05, 0) is 12.8 Å². The molecule has 0 amide bonds. The Balaban J connectivity index is 1.82. The van der Waals surface area contributed by atoms with E-state index in [2.05, 4.69) is 13.8 Å². The first-order chi connectivity index (χ1) is 5.38. The predicted octanol–water partition coefficient (Wildman–Crippen LogP) is 3.13. The van der Waals surface area contributed by atoms with Gasteiger partial charge in [-0.3, -0.25) is 0 Å². The largest absolute Gasteiger partial charge is 0.370 e. The van der Waals surface area contributed by atoms with Gasteiger partial charge in [0.2, 0.25) is 0 Å². The van der Waals surface area contributed by atoms with Crippen molar-refractivity contribution in [2.45, 2.75) is 64.6 Å². The normalized spacial score (nSPS) is 28.9. The zero-order valence-electron chi connectivity index (χ0n) is 7.81. The summed E-state index contributed by atoms with van der Waals surface area (Å²) in [5.74, 6) is 0. The Morgan fingerprint density at radius 2 is 1.82 bits per heavy atom. The number of unbranched alkanes of at least 4 members (excludes halogenated alkanes) is 3. The van der Waals surface area contributed by atoms with E-state index in [0.717, 1.165) is 0 Å². The smallest absolute Gasteiger partial charge is 0.0841 e. The number of hydrogen-bond acceptors (Lipinski definition) is 1. The lowest BCUT2D eigenvalue weighted by Crippen LogP contribution is -1.91. The first kappa shape index (κ1) is 9.05. The summed E-state index contributed by atoms with van der Waals surface area (Å²) < 4.78 is 5.45. The molecule has 1 nitrogen and oxygen atoms in total. The van der Waals surface area contributed by atoms with Crippen LogP contribution in [0.5, 0.6) is 0 Å². The summed E-state index contributed by atoms with van der Waals surface area (Å²) in [4.78, 5) is 0. The fraction of sp³-hybridized carbons (Fsp3) is 1.00. The number of epoxide rings is 1. The van der Waals surface area contributed by atoms with Crippen molar-refractivity contribution in [2.24, 2.45) is 0 Å². The molecule has 0 spiro atoms. The van der Waals surface area contributed by atoms with Crippen molar-refractivity contribution in [3.63, 3.8) is 0 Å². The molecule has 1 aliphatic heterocycles. The maximum atomic E-state index is 5.45. The Bertz CT molecular complexity index is 101. The van der Waals surface area contributed by atoms with E-state index in [1.165, 1.54) is 38.5 Å². The highest BCUT2D eigenvalue weighted by Gasteiger charge is 2.35. The van der Waals surface area contributed by atoms with E-state index in [9.17, 15) is 0 Å². The molecule has 1 heterocycles. The summed E-state index contributed by atoms with van der Waals surface area (Å²) in [5, 5.41) is 0. The van der Waals surface area contributed by atoms with Crippen LogP contribution in [-0.4, -0.2) is 12.2 Å². The van der Waals surface area contributed by atoms with Gasteiger partial charge in [-0.1, -0.05) is 39.5 Å². The molecule has 1 fully saturated rings. The summed E-state index contributed by atoms with van der Waals surface area (Å²) in [6.45, 7) is 4.46. The second-order valence-corrected chi connectivity index (χ2v) is 3.47. The van der Waals surface area contributed by atoms with Crippen molar-refractivity contribution in [3.8, 4) is 0 Å². The van der Waals surface area contributed by atoms with Gasteiger partial charge < -0.3 is 4.74 Å². The quantitative estimate of drug-likeness (QED) is 0.425. The molecule has 1 heteroatoms. The van der Waals surface area contributed by atoms with Crippen LogP contribution in [0.2, 0.25) is 0 Å². The summed E-state index contributed by atoms with van der Waals surface area (Å²) in [6, 6.07) is 0. The van der Waals surface area contributed by atoms with Crippen molar-refractivity contribution < 1.29 is 4.74 Å². The van der Waals surface area contributed by atoms with Gasteiger partial charge in [0.15, 0.2) is 0 Å². The fourth-order valence-corrected chi connectivity index (χ4v) is 1.56. The summed E-state index contributed by atoms with van der Waals surface area (Å²) in [5.41, 5.74) is 0. The molecular weight excluding hydrogens is 136 g/mol. The van der Waals surface area contributed by atoms with Crippen LogP contribution in [0.1, 0.15) is 52.4 Å². The van der Waals surface area contributed by atoms with Crippen LogP contribution in [0.25, 0.3) is 0 Å². The van der Waals surface area contributed by atoms with Crippen molar-refractivity contribution in [1.82, 2.24) is 0 Å². The lowest BCUT2D eigenvalue weighted by atomic mass is 10.1. The van der Waals surface area contributed by atoms with Crippen LogP contribution in [0.4, 0.5) is 0 Å². The minimum Gasteiger partial charge on any atom is -0.370 e. The van der Waals surface area contributed by atoms with E-state index in [-0.39, 0.29) is 0 Å². The Morgan fingerprint density at radius 3 is 2.36 bits per heavy atom.